The lowest BCUT2D eigenvalue weighted by atomic mass is 9.97. The molecule has 16 heavy (non-hydrogen) atoms. The quantitative estimate of drug-likeness (QED) is 0.509. The summed E-state index contributed by atoms with van der Waals surface area (Å²) in [6.07, 6.45) is 0.376. The average Bonchev–Trinajstić information content (AvgIpc) is 2.39. The predicted molar refractivity (Wildman–Crippen MR) is 61.1 cm³/mol. The number of amides is 1. The molecule has 6 N–H and O–H groups in total. The summed E-state index contributed by atoms with van der Waals surface area (Å²) < 4.78 is 0. The van der Waals surface area contributed by atoms with Crippen LogP contribution < -0.4 is 16.8 Å². The summed E-state index contributed by atoms with van der Waals surface area (Å²) in [5.41, 5.74) is 11.6. The van der Waals surface area contributed by atoms with Gasteiger partial charge in [-0.3, -0.25) is 9.59 Å². The summed E-state index contributed by atoms with van der Waals surface area (Å²) in [6.45, 7) is 1.75. The zero-order valence-corrected chi connectivity index (χ0v) is 9.87. The van der Waals surface area contributed by atoms with Crippen LogP contribution in [0.3, 0.4) is 0 Å². The Bertz CT molecular complexity index is 275. The molecule has 1 amide bonds. The highest BCUT2D eigenvalue weighted by atomic mass is 35.5. The van der Waals surface area contributed by atoms with E-state index >= 15 is 0 Å². The van der Waals surface area contributed by atoms with Crippen molar-refractivity contribution in [2.45, 2.75) is 25.4 Å². The number of nitrogens with two attached hydrogens (primary N) is 2. The van der Waals surface area contributed by atoms with E-state index in [1.54, 1.807) is 0 Å². The lowest BCUT2D eigenvalue weighted by molar-refractivity contribution is -0.142. The molecule has 1 saturated carbocycles. The van der Waals surface area contributed by atoms with Crippen LogP contribution in [0.2, 0.25) is 0 Å². The number of carboxylic acids is 1. The minimum Gasteiger partial charge on any atom is -0.481 e. The molecule has 0 aromatic rings. The molecular weight excluding hydrogens is 234 g/mol. The van der Waals surface area contributed by atoms with Crippen LogP contribution in [0.4, 0.5) is 0 Å². The lowest BCUT2D eigenvalue weighted by Gasteiger charge is -2.20. The summed E-state index contributed by atoms with van der Waals surface area (Å²) >= 11 is 0. The molecule has 1 aliphatic rings. The molecule has 0 aromatic carbocycles. The first-order valence-corrected chi connectivity index (χ1v) is 4.92. The van der Waals surface area contributed by atoms with Crippen molar-refractivity contribution < 1.29 is 14.7 Å². The molecule has 0 heterocycles. The number of rotatable bonds is 3. The number of carbonyl (C=O) groups excluding carboxylic acids is 1. The first-order valence-electron chi connectivity index (χ1n) is 4.92. The molecule has 94 valence electrons. The van der Waals surface area contributed by atoms with E-state index in [1.807, 2.05) is 0 Å². The van der Waals surface area contributed by atoms with Crippen molar-refractivity contribution in [3.8, 4) is 0 Å². The predicted octanol–water partition coefficient (Wildman–Crippen LogP) is -1.08. The van der Waals surface area contributed by atoms with Gasteiger partial charge >= 0.3 is 5.97 Å². The Labute approximate surface area is 100 Å². The third kappa shape index (κ3) is 3.33. The maximum absolute atomic E-state index is 10.8. The van der Waals surface area contributed by atoms with Gasteiger partial charge in [0.1, 0.15) is 0 Å². The molecule has 1 aliphatic carbocycles. The number of aliphatic carboxylic acids is 1. The molecule has 0 saturated heterocycles. The molecule has 1 rings (SSSR count). The molecule has 0 aromatic heterocycles. The fourth-order valence-electron chi connectivity index (χ4n) is 2.02. The molecular formula is C9H18ClN3O3. The topological polar surface area (TPSA) is 118 Å². The molecule has 4 atom stereocenters. The molecule has 1 fully saturated rings. The zero-order chi connectivity index (χ0) is 11.6. The minimum atomic E-state index is -0.914. The number of hydrogen-bond acceptors (Lipinski definition) is 4. The summed E-state index contributed by atoms with van der Waals surface area (Å²) in [5.74, 6) is -1.83. The van der Waals surface area contributed by atoms with E-state index in [-0.39, 0.29) is 30.3 Å². The second kappa shape index (κ2) is 6.03. The number of carbonyl (C=O) groups is 2. The highest BCUT2D eigenvalue weighted by Gasteiger charge is 2.42. The Morgan fingerprint density at radius 3 is 2.38 bits per heavy atom. The third-order valence-corrected chi connectivity index (χ3v) is 2.94. The Balaban J connectivity index is 0.00000225. The number of halogens is 1. The van der Waals surface area contributed by atoms with Gasteiger partial charge in [0.15, 0.2) is 0 Å². The number of nitrogens with one attached hydrogen (secondary N) is 1. The van der Waals surface area contributed by atoms with Crippen molar-refractivity contribution in [3.05, 3.63) is 0 Å². The Morgan fingerprint density at radius 2 is 2.00 bits per heavy atom. The van der Waals surface area contributed by atoms with E-state index in [9.17, 15) is 9.59 Å². The fourth-order valence-corrected chi connectivity index (χ4v) is 2.02. The van der Waals surface area contributed by atoms with Crippen LogP contribution in [0, 0.1) is 11.8 Å². The highest BCUT2D eigenvalue weighted by Crippen LogP contribution is 2.28. The standard InChI is InChI=1S/C9H17N3O3.ClH/c1-4(13)12-3-6-7(10)2-5(8(6)11)9(14)15;/h5-8H,2-3,10-11H2,1H3,(H,12,13)(H,14,15);1H/t5-,6+,7+,8+;/m0./s1. The Hall–Kier alpha value is -0.850. The largest absolute Gasteiger partial charge is 0.481 e. The van der Waals surface area contributed by atoms with Crippen LogP contribution in [-0.2, 0) is 9.59 Å². The monoisotopic (exact) mass is 251 g/mol. The van der Waals surface area contributed by atoms with Gasteiger partial charge in [-0.15, -0.1) is 12.4 Å². The van der Waals surface area contributed by atoms with Crippen LogP contribution in [0.5, 0.6) is 0 Å². The van der Waals surface area contributed by atoms with Crippen LogP contribution in [-0.4, -0.2) is 35.6 Å². The maximum Gasteiger partial charge on any atom is 0.308 e. The fraction of sp³-hybridized carbons (Fsp3) is 0.778. The average molecular weight is 252 g/mol. The molecule has 0 unspecified atom stereocenters. The van der Waals surface area contributed by atoms with Gasteiger partial charge in [-0.2, -0.15) is 0 Å². The van der Waals surface area contributed by atoms with Gasteiger partial charge in [0, 0.05) is 31.5 Å². The van der Waals surface area contributed by atoms with E-state index in [0.717, 1.165) is 0 Å². The Kier molecular flexibility index (Phi) is 5.71. The number of carboxylic acid groups (broad SMARTS) is 1. The van der Waals surface area contributed by atoms with E-state index in [0.29, 0.717) is 13.0 Å². The van der Waals surface area contributed by atoms with Gasteiger partial charge in [0.05, 0.1) is 5.92 Å². The lowest BCUT2D eigenvalue weighted by Crippen LogP contribution is -2.44. The summed E-state index contributed by atoms with van der Waals surface area (Å²) in [6, 6.07) is -0.739. The second-order valence-electron chi connectivity index (χ2n) is 4.02. The van der Waals surface area contributed by atoms with E-state index in [4.69, 9.17) is 16.6 Å². The van der Waals surface area contributed by atoms with Crippen LogP contribution in [0.25, 0.3) is 0 Å². The summed E-state index contributed by atoms with van der Waals surface area (Å²) in [7, 11) is 0. The van der Waals surface area contributed by atoms with E-state index in [1.165, 1.54) is 6.92 Å². The normalized spacial score (nSPS) is 32.9. The van der Waals surface area contributed by atoms with Gasteiger partial charge in [-0.05, 0) is 6.42 Å². The van der Waals surface area contributed by atoms with Crippen molar-refractivity contribution >= 4 is 24.3 Å². The summed E-state index contributed by atoms with van der Waals surface area (Å²) in [5, 5.41) is 11.5. The summed E-state index contributed by atoms with van der Waals surface area (Å²) in [4.78, 5) is 21.5. The molecule has 6 nitrogen and oxygen atoms in total. The SMILES string of the molecule is CC(=O)NC[C@H]1[C@H](N)[C@@H](C(=O)O)C[C@H]1N.Cl. The van der Waals surface area contributed by atoms with E-state index < -0.39 is 17.9 Å². The van der Waals surface area contributed by atoms with Crippen molar-refractivity contribution in [1.82, 2.24) is 5.32 Å². The van der Waals surface area contributed by atoms with Crippen molar-refractivity contribution in [2.24, 2.45) is 23.3 Å². The smallest absolute Gasteiger partial charge is 0.308 e. The van der Waals surface area contributed by atoms with Gasteiger partial charge < -0.3 is 21.9 Å². The highest BCUT2D eigenvalue weighted by molar-refractivity contribution is 5.85. The van der Waals surface area contributed by atoms with E-state index in [2.05, 4.69) is 5.32 Å². The number of hydrogen-bond donors (Lipinski definition) is 4. The molecule has 0 bridgehead atoms. The van der Waals surface area contributed by atoms with Crippen LogP contribution in [0.1, 0.15) is 13.3 Å². The first-order chi connectivity index (χ1) is 6.93. The maximum atomic E-state index is 10.8. The molecule has 0 radical (unpaired) electrons. The zero-order valence-electron chi connectivity index (χ0n) is 9.05. The van der Waals surface area contributed by atoms with Crippen molar-refractivity contribution in [3.63, 3.8) is 0 Å². The van der Waals surface area contributed by atoms with Gasteiger partial charge in [0.25, 0.3) is 0 Å². The minimum absolute atomic E-state index is 0. The molecule has 7 heteroatoms. The molecule has 0 spiro atoms. The van der Waals surface area contributed by atoms with Gasteiger partial charge in [-0.1, -0.05) is 0 Å². The third-order valence-electron chi connectivity index (χ3n) is 2.94. The molecule has 0 aliphatic heterocycles. The second-order valence-corrected chi connectivity index (χ2v) is 4.02. The van der Waals surface area contributed by atoms with Crippen molar-refractivity contribution in [2.75, 3.05) is 6.54 Å². The van der Waals surface area contributed by atoms with Crippen LogP contribution >= 0.6 is 12.4 Å². The van der Waals surface area contributed by atoms with Crippen molar-refractivity contribution in [1.29, 1.82) is 0 Å². The van der Waals surface area contributed by atoms with Gasteiger partial charge in [0.2, 0.25) is 5.91 Å². The van der Waals surface area contributed by atoms with Crippen LogP contribution in [0.15, 0.2) is 0 Å². The first kappa shape index (κ1) is 15.2. The Morgan fingerprint density at radius 1 is 1.44 bits per heavy atom. The van der Waals surface area contributed by atoms with Gasteiger partial charge in [-0.25, -0.2) is 0 Å².